The molecular weight excluding hydrogens is 372 g/mol. The lowest BCUT2D eigenvalue weighted by Crippen LogP contribution is -2.41. The predicted octanol–water partition coefficient (Wildman–Crippen LogP) is 3.51. The Morgan fingerprint density at radius 2 is 1.48 bits per heavy atom. The van der Waals surface area contributed by atoms with Crippen molar-refractivity contribution < 1.29 is 23.9 Å². The van der Waals surface area contributed by atoms with E-state index in [-0.39, 0.29) is 11.1 Å². The average Bonchev–Trinajstić information content (AvgIpc) is 2.77. The number of nitrogens with one attached hydrogen (secondary N) is 2. The Hall–Kier alpha value is -3.35. The molecule has 0 spiro atoms. The van der Waals surface area contributed by atoms with Crippen LogP contribution in [0.25, 0.3) is 0 Å². The van der Waals surface area contributed by atoms with Crippen LogP contribution in [0.5, 0.6) is 5.75 Å². The topological polar surface area (TPSA) is 93.7 Å². The number of esters is 1. The quantitative estimate of drug-likeness (QED) is 0.383. The molecule has 2 rings (SSSR count). The van der Waals surface area contributed by atoms with Crippen molar-refractivity contribution in [2.75, 3.05) is 13.7 Å². The van der Waals surface area contributed by atoms with E-state index in [4.69, 9.17) is 4.74 Å². The van der Waals surface area contributed by atoms with Gasteiger partial charge in [-0.15, -0.1) is 0 Å². The third-order valence-corrected chi connectivity index (χ3v) is 4.22. The van der Waals surface area contributed by atoms with E-state index in [1.165, 1.54) is 38.2 Å². The number of hydrogen-bond donors (Lipinski definition) is 2. The second-order valence-electron chi connectivity index (χ2n) is 6.41. The molecule has 0 bridgehead atoms. The third-order valence-electron chi connectivity index (χ3n) is 4.22. The maximum Gasteiger partial charge on any atom is 0.337 e. The maximum atomic E-state index is 12.2. The van der Waals surface area contributed by atoms with Gasteiger partial charge in [-0.2, -0.15) is 0 Å². The molecule has 29 heavy (non-hydrogen) atoms. The summed E-state index contributed by atoms with van der Waals surface area (Å²) in [5.41, 5.74) is 5.53. The van der Waals surface area contributed by atoms with Crippen LogP contribution >= 0.6 is 0 Å². The Kier molecular flexibility index (Phi) is 8.69. The second kappa shape index (κ2) is 11.5. The van der Waals surface area contributed by atoms with Crippen molar-refractivity contribution >= 4 is 17.8 Å². The van der Waals surface area contributed by atoms with Crippen molar-refractivity contribution in [3.8, 4) is 5.75 Å². The predicted molar refractivity (Wildman–Crippen MR) is 109 cm³/mol. The molecule has 0 saturated carbocycles. The van der Waals surface area contributed by atoms with E-state index in [0.717, 1.165) is 12.8 Å². The zero-order valence-electron chi connectivity index (χ0n) is 16.7. The van der Waals surface area contributed by atoms with Crippen LogP contribution in [0.15, 0.2) is 48.5 Å². The summed E-state index contributed by atoms with van der Waals surface area (Å²) in [6.07, 6.45) is 4.51. The van der Waals surface area contributed by atoms with Gasteiger partial charge in [0.1, 0.15) is 5.75 Å². The smallest absolute Gasteiger partial charge is 0.337 e. The van der Waals surface area contributed by atoms with Gasteiger partial charge in [-0.3, -0.25) is 20.4 Å². The van der Waals surface area contributed by atoms with Gasteiger partial charge < -0.3 is 9.47 Å². The molecule has 0 aliphatic carbocycles. The Labute approximate surface area is 170 Å². The lowest BCUT2D eigenvalue weighted by atomic mass is 10.1. The van der Waals surface area contributed by atoms with Gasteiger partial charge in [0.05, 0.1) is 19.3 Å². The van der Waals surface area contributed by atoms with E-state index in [9.17, 15) is 14.4 Å². The summed E-state index contributed by atoms with van der Waals surface area (Å²) in [5.74, 6) is -0.855. The Morgan fingerprint density at radius 1 is 0.828 bits per heavy atom. The van der Waals surface area contributed by atoms with Crippen molar-refractivity contribution in [1.29, 1.82) is 0 Å². The number of benzene rings is 2. The Balaban J connectivity index is 1.84. The summed E-state index contributed by atoms with van der Waals surface area (Å²) in [4.78, 5) is 35.9. The molecule has 7 heteroatoms. The van der Waals surface area contributed by atoms with Gasteiger partial charge in [0, 0.05) is 11.1 Å². The minimum Gasteiger partial charge on any atom is -0.494 e. The molecule has 0 fully saturated rings. The summed E-state index contributed by atoms with van der Waals surface area (Å²) >= 11 is 0. The number of ether oxygens (including phenoxy) is 2. The maximum absolute atomic E-state index is 12.2. The molecule has 0 heterocycles. The highest BCUT2D eigenvalue weighted by Crippen LogP contribution is 2.13. The molecular formula is C22H26N2O5. The molecule has 0 aliphatic rings. The number of amides is 2. The average molecular weight is 398 g/mol. The number of carbonyl (C=O) groups excluding carboxylic acids is 3. The summed E-state index contributed by atoms with van der Waals surface area (Å²) in [7, 11) is 1.26. The zero-order chi connectivity index (χ0) is 21.1. The van der Waals surface area contributed by atoms with Gasteiger partial charge in [0.15, 0.2) is 0 Å². The van der Waals surface area contributed by atoms with Gasteiger partial charge in [-0.05, 0) is 48.9 Å². The van der Waals surface area contributed by atoms with Crippen LogP contribution in [0, 0.1) is 0 Å². The van der Waals surface area contributed by atoms with Gasteiger partial charge in [0.25, 0.3) is 11.8 Å². The lowest BCUT2D eigenvalue weighted by Gasteiger charge is -2.09. The van der Waals surface area contributed by atoms with Crippen LogP contribution in [-0.4, -0.2) is 31.5 Å². The lowest BCUT2D eigenvalue weighted by molar-refractivity contribution is 0.0600. The number of carbonyl (C=O) groups is 3. The minimum absolute atomic E-state index is 0.222. The molecule has 0 aliphatic heterocycles. The third kappa shape index (κ3) is 6.95. The van der Waals surface area contributed by atoms with Gasteiger partial charge >= 0.3 is 5.97 Å². The van der Waals surface area contributed by atoms with Gasteiger partial charge in [-0.25, -0.2) is 4.79 Å². The number of hydrogen-bond acceptors (Lipinski definition) is 5. The van der Waals surface area contributed by atoms with Crippen LogP contribution in [0.1, 0.15) is 63.7 Å². The van der Waals surface area contributed by atoms with E-state index in [2.05, 4.69) is 22.5 Å². The fourth-order valence-corrected chi connectivity index (χ4v) is 2.58. The normalized spacial score (nSPS) is 10.1. The molecule has 0 unspecified atom stereocenters. The monoisotopic (exact) mass is 398 g/mol. The number of unbranched alkanes of at least 4 members (excludes halogenated alkanes) is 3. The van der Waals surface area contributed by atoms with E-state index >= 15 is 0 Å². The first-order chi connectivity index (χ1) is 14.0. The van der Waals surface area contributed by atoms with E-state index in [0.29, 0.717) is 17.9 Å². The van der Waals surface area contributed by atoms with Crippen molar-refractivity contribution in [2.24, 2.45) is 0 Å². The summed E-state index contributed by atoms with van der Waals surface area (Å²) in [5, 5.41) is 0. The standard InChI is InChI=1S/C22H26N2O5/c1-3-4-5-6-14-29-19-12-10-16(11-13-19)20(25)23-24-21(26)17-8-7-9-18(15-17)22(27)28-2/h7-13,15H,3-6,14H2,1-2H3,(H,23,25)(H,24,26). The molecule has 0 radical (unpaired) electrons. The van der Waals surface area contributed by atoms with E-state index in [1.807, 2.05) is 0 Å². The van der Waals surface area contributed by atoms with Gasteiger partial charge in [0.2, 0.25) is 0 Å². The fourth-order valence-electron chi connectivity index (χ4n) is 2.58. The molecule has 0 aromatic heterocycles. The van der Waals surface area contributed by atoms with Crippen molar-refractivity contribution in [1.82, 2.24) is 10.9 Å². The molecule has 2 N–H and O–H groups in total. The highest BCUT2D eigenvalue weighted by molar-refractivity contribution is 6.00. The highest BCUT2D eigenvalue weighted by atomic mass is 16.5. The van der Waals surface area contributed by atoms with Crippen LogP contribution in [0.2, 0.25) is 0 Å². The molecule has 0 saturated heterocycles. The number of rotatable bonds is 9. The first kappa shape index (κ1) is 21.9. The van der Waals surface area contributed by atoms with Gasteiger partial charge in [-0.1, -0.05) is 32.3 Å². The minimum atomic E-state index is -0.545. The Morgan fingerprint density at radius 3 is 2.14 bits per heavy atom. The summed E-state index contributed by atoms with van der Waals surface area (Å²) in [6.45, 7) is 2.80. The van der Waals surface area contributed by atoms with Crippen LogP contribution in [0.4, 0.5) is 0 Å². The first-order valence-electron chi connectivity index (χ1n) is 9.57. The fraction of sp³-hybridized carbons (Fsp3) is 0.318. The summed E-state index contributed by atoms with van der Waals surface area (Å²) in [6, 6.07) is 12.7. The summed E-state index contributed by atoms with van der Waals surface area (Å²) < 4.78 is 10.3. The highest BCUT2D eigenvalue weighted by Gasteiger charge is 2.12. The van der Waals surface area contributed by atoms with Crippen LogP contribution in [-0.2, 0) is 4.74 Å². The molecule has 2 aromatic carbocycles. The SMILES string of the molecule is CCCCCCOc1ccc(C(=O)NNC(=O)c2cccc(C(=O)OC)c2)cc1. The first-order valence-corrected chi connectivity index (χ1v) is 9.57. The second-order valence-corrected chi connectivity index (χ2v) is 6.41. The largest absolute Gasteiger partial charge is 0.494 e. The van der Waals surface area contributed by atoms with Crippen LogP contribution < -0.4 is 15.6 Å². The molecule has 0 atom stereocenters. The van der Waals surface area contributed by atoms with E-state index in [1.54, 1.807) is 30.3 Å². The zero-order valence-corrected chi connectivity index (χ0v) is 16.7. The number of methoxy groups -OCH3 is 1. The molecule has 2 amide bonds. The van der Waals surface area contributed by atoms with Crippen molar-refractivity contribution in [3.05, 3.63) is 65.2 Å². The molecule has 7 nitrogen and oxygen atoms in total. The van der Waals surface area contributed by atoms with Crippen molar-refractivity contribution in [3.63, 3.8) is 0 Å². The molecule has 154 valence electrons. The van der Waals surface area contributed by atoms with Crippen LogP contribution in [0.3, 0.4) is 0 Å². The van der Waals surface area contributed by atoms with Crippen molar-refractivity contribution in [2.45, 2.75) is 32.6 Å². The number of hydrazine groups is 1. The van der Waals surface area contributed by atoms with E-state index < -0.39 is 17.8 Å². The Bertz CT molecular complexity index is 833. The molecule has 2 aromatic rings.